The number of carbonyl (C=O) groups excluding carboxylic acids is 3. The molecule has 8 aliphatic heterocycles. The molecule has 0 aromatic rings. The molecule has 8 rings (SSSR count). The van der Waals surface area contributed by atoms with Crippen LogP contribution in [0.2, 0.25) is 0 Å². The standard InChI is InChI=1S/2C7H14N2O.C6H12N2O.C6H14N2S.C5H11N3O3.C5H11N3O2.C5H12N2S.C4H9N3O2/c1-5-6(2)9(4)7(10)8(5)3;1-5-6(2)8(3)9(4)7(5)10;1-4-5(2)8(3)6(9)7-4;1-5-6(2)8(4)9-7(5)3;1-4-5(2)7(10)8(11-3)6(4)9;1-4-5(2)8(10)6(3)7(4)9;1-4-5(2)7(3)8-6-4;1-3-4(2)7(9)5-6(3)8/h2*5-6H,1-4H3;4-5H,1-3H3,(H,7,9);5-6H,1-4H3;6-7H,1-3H3;7-8H,1-3H3;4-6H,1-3H3;5-7H,1-2H3. The quantitative estimate of drug-likeness (QED) is 0.0910. The van der Waals surface area contributed by atoms with Gasteiger partial charge < -0.3 is 51.3 Å². The fourth-order valence-corrected chi connectivity index (χ4v) is 9.42. The Kier molecular flexibility index (Phi) is 29.2. The number of quaternary nitrogens is 6. The van der Waals surface area contributed by atoms with Crippen molar-refractivity contribution in [2.45, 2.75) is 165 Å². The van der Waals surface area contributed by atoms with Gasteiger partial charge in [0.2, 0.25) is 5.91 Å². The molecule has 0 aliphatic carbocycles. The lowest BCUT2D eigenvalue weighted by Crippen LogP contribution is -3.29. The number of likely N-dealkylation sites (N-methyl/N-ethyl adjacent to an activating group) is 6. The molecule has 16 atom stereocenters. The van der Waals surface area contributed by atoms with E-state index in [0.29, 0.717) is 88.6 Å². The Morgan fingerprint density at radius 1 is 0.487 bits per heavy atom. The van der Waals surface area contributed by atoms with Crippen molar-refractivity contribution in [3.05, 3.63) is 65.4 Å². The van der Waals surface area contributed by atoms with Crippen LogP contribution in [0.1, 0.15) is 111 Å². The molecule has 31 heteroatoms. The molecule has 8 heterocycles. The molecular formula is C45H97N19O10S2. The van der Waals surface area contributed by atoms with Crippen molar-refractivity contribution in [1.82, 2.24) is 63.6 Å². The largest absolute Gasteiger partial charge is 0.604 e. The number of allylic oxidation sites excluding steroid dienone is 6. The Balaban J connectivity index is 0.000000435. The zero-order chi connectivity index (χ0) is 59.4. The van der Waals surface area contributed by atoms with Gasteiger partial charge in [0.05, 0.1) is 38.2 Å². The summed E-state index contributed by atoms with van der Waals surface area (Å²) in [4.78, 5) is 43.0. The molecule has 29 nitrogen and oxygen atoms in total. The van der Waals surface area contributed by atoms with Crippen LogP contribution in [-0.2, 0) is 9.63 Å². The van der Waals surface area contributed by atoms with Crippen molar-refractivity contribution < 1.29 is 50.3 Å². The lowest BCUT2D eigenvalue weighted by Gasteiger charge is -2.26. The Bertz CT molecular complexity index is 1840. The van der Waals surface area contributed by atoms with E-state index in [4.69, 9.17) is 0 Å². The maximum atomic E-state index is 11.2. The number of rotatable bonds is 1. The highest BCUT2D eigenvalue weighted by molar-refractivity contribution is 7.95. The number of nitrogens with one attached hydrogen (secondary N) is 9. The molecule has 9 N–H and O–H groups in total. The first-order valence-corrected chi connectivity index (χ1v) is 26.8. The summed E-state index contributed by atoms with van der Waals surface area (Å²) in [6, 6.07) is 4.48. The second-order valence-corrected chi connectivity index (χ2v) is 22.6. The van der Waals surface area contributed by atoms with Gasteiger partial charge in [-0.25, -0.2) is 57.8 Å². The van der Waals surface area contributed by atoms with Gasteiger partial charge in [0.1, 0.15) is 0 Å². The topological polar surface area (TPSA) is 294 Å². The van der Waals surface area contributed by atoms with Crippen LogP contribution in [0.15, 0.2) is 34.2 Å². The summed E-state index contributed by atoms with van der Waals surface area (Å²) in [6.07, 6.45) is 0. The Morgan fingerprint density at radius 2 is 0.882 bits per heavy atom. The van der Waals surface area contributed by atoms with Crippen molar-refractivity contribution in [3.63, 3.8) is 0 Å². The van der Waals surface area contributed by atoms with E-state index in [1.807, 2.05) is 61.0 Å². The van der Waals surface area contributed by atoms with Crippen LogP contribution in [0.5, 0.6) is 0 Å². The average Bonchev–Trinajstić information content (AvgIpc) is 4.14. The van der Waals surface area contributed by atoms with E-state index >= 15 is 0 Å². The first kappa shape index (κ1) is 71.1. The van der Waals surface area contributed by atoms with Crippen molar-refractivity contribution in [2.24, 2.45) is 5.92 Å². The molecular weight excluding hydrogens is 1030 g/mol. The second-order valence-electron chi connectivity index (χ2n) is 20.3. The van der Waals surface area contributed by atoms with E-state index in [0.717, 1.165) is 10.4 Å². The molecule has 0 bridgehead atoms. The monoisotopic (exact) mass is 1130 g/mol. The average molecular weight is 1130 g/mol. The molecule has 5 fully saturated rings. The smallest absolute Gasteiger partial charge is 0.320 e. The highest BCUT2D eigenvalue weighted by Crippen LogP contribution is 2.29. The van der Waals surface area contributed by atoms with Gasteiger partial charge in [-0.1, -0.05) is 6.92 Å². The third-order valence-electron chi connectivity index (χ3n) is 15.8. The maximum Gasteiger partial charge on any atom is 0.320 e. The van der Waals surface area contributed by atoms with Gasteiger partial charge in [0.25, 0.3) is 0 Å². The summed E-state index contributed by atoms with van der Waals surface area (Å²) in [5, 5.41) is 72.0. The number of hydrogen-bond acceptors (Lipinski definition) is 20. The number of hydroxylamine groups is 6. The van der Waals surface area contributed by atoms with Gasteiger partial charge in [0, 0.05) is 142 Å². The number of hydrogen-bond donors (Lipinski definition) is 9. The first-order chi connectivity index (χ1) is 34.8. The fraction of sp³-hybridized carbons (Fsp3) is 0.800. The summed E-state index contributed by atoms with van der Waals surface area (Å²) in [5.74, 6) is 0.366. The molecule has 0 radical (unpaired) electrons. The Labute approximate surface area is 461 Å². The zero-order valence-corrected chi connectivity index (χ0v) is 51.8. The lowest BCUT2D eigenvalue weighted by molar-refractivity contribution is -1.20. The SMILES string of the molecule is CC1=C(C)[NH+]([O-])N(C)[NH+]1[O-].CC1=C(C)[NH+]([O-])N[NH+]1[O-].CC1C(=O)N(C)N(C)C1C.CC1C(C)N(C)C(=O)N1C.CC1C(C)N(C)SN1C.CC1NC(=O)N(C)C1C.CC1NSN(C)C1C.CON1[NH+]([O-])C(C)=C(C)[NH+]1[O-]. The normalized spacial score (nSPS) is 36.1. The maximum absolute atomic E-state index is 11.2. The highest BCUT2D eigenvalue weighted by atomic mass is 32.2. The van der Waals surface area contributed by atoms with Crippen molar-refractivity contribution >= 4 is 42.2 Å². The van der Waals surface area contributed by atoms with Crippen LogP contribution in [0.25, 0.3) is 0 Å². The number of hydrazine groups is 1. The van der Waals surface area contributed by atoms with Gasteiger partial charge in [-0.15, -0.1) is 0 Å². The molecule has 0 saturated carbocycles. The van der Waals surface area contributed by atoms with Crippen LogP contribution in [0, 0.1) is 37.2 Å². The molecule has 76 heavy (non-hydrogen) atoms. The minimum absolute atomic E-state index is 0.0370. The number of urea groups is 2. The number of amides is 5. The van der Waals surface area contributed by atoms with Crippen LogP contribution >= 0.6 is 24.3 Å². The van der Waals surface area contributed by atoms with E-state index in [1.54, 1.807) is 85.5 Å². The fourth-order valence-electron chi connectivity index (χ4n) is 7.49. The van der Waals surface area contributed by atoms with Gasteiger partial charge in [-0.05, 0) is 89.0 Å². The minimum Gasteiger partial charge on any atom is -0.604 e. The molecule has 0 aromatic heterocycles. The van der Waals surface area contributed by atoms with Crippen LogP contribution < -0.4 is 46.6 Å². The molecule has 444 valence electrons. The Hall–Kier alpha value is -2.91. The third-order valence-corrected chi connectivity index (χ3v) is 18.1. The van der Waals surface area contributed by atoms with Gasteiger partial charge >= 0.3 is 12.1 Å². The van der Waals surface area contributed by atoms with Crippen LogP contribution in [0.3, 0.4) is 0 Å². The third kappa shape index (κ3) is 17.8. The van der Waals surface area contributed by atoms with E-state index in [2.05, 4.69) is 103 Å². The summed E-state index contributed by atoms with van der Waals surface area (Å²) < 4.78 is 10.1. The zero-order valence-electron chi connectivity index (χ0n) is 50.1. The van der Waals surface area contributed by atoms with Gasteiger partial charge in [-0.2, -0.15) is 10.3 Å². The minimum atomic E-state index is -0.366. The van der Waals surface area contributed by atoms with Gasteiger partial charge in [-0.3, -0.25) is 9.80 Å². The summed E-state index contributed by atoms with van der Waals surface area (Å²) in [7, 11) is 18.4. The predicted molar refractivity (Wildman–Crippen MR) is 295 cm³/mol. The summed E-state index contributed by atoms with van der Waals surface area (Å²) in [6.45, 7) is 30.9. The van der Waals surface area contributed by atoms with E-state index in [1.165, 1.54) is 14.2 Å². The number of nitrogens with zero attached hydrogens (tertiary/aromatic N) is 10. The second kappa shape index (κ2) is 31.2. The molecule has 8 aliphatic rings. The van der Waals surface area contributed by atoms with Crippen LogP contribution in [0.4, 0.5) is 9.59 Å². The van der Waals surface area contributed by atoms with Gasteiger partial charge in [0.15, 0.2) is 39.5 Å². The van der Waals surface area contributed by atoms with Crippen molar-refractivity contribution in [2.75, 3.05) is 70.5 Å². The molecule has 0 aromatic carbocycles. The van der Waals surface area contributed by atoms with Crippen LogP contribution in [-0.4, -0.2) is 191 Å². The molecule has 5 amide bonds. The molecule has 16 unspecified atom stereocenters. The summed E-state index contributed by atoms with van der Waals surface area (Å²) in [5.41, 5.74) is 5.26. The van der Waals surface area contributed by atoms with E-state index < -0.39 is 0 Å². The van der Waals surface area contributed by atoms with E-state index in [-0.39, 0.29) is 54.9 Å². The summed E-state index contributed by atoms with van der Waals surface area (Å²) >= 11 is 3.50. The molecule has 5 saturated heterocycles. The van der Waals surface area contributed by atoms with Crippen molar-refractivity contribution in [3.8, 4) is 0 Å². The lowest BCUT2D eigenvalue weighted by atomic mass is 10.1. The first-order valence-electron chi connectivity index (χ1n) is 25.3. The predicted octanol–water partition coefficient (Wildman–Crippen LogP) is -3.50. The highest BCUT2D eigenvalue weighted by Gasteiger charge is 2.38. The van der Waals surface area contributed by atoms with E-state index in [9.17, 15) is 45.6 Å². The van der Waals surface area contributed by atoms with Crippen molar-refractivity contribution in [1.29, 1.82) is 0 Å². The number of carbonyl (C=O) groups is 3. The molecule has 0 spiro atoms. The Morgan fingerprint density at radius 3 is 1.00 bits per heavy atom.